The summed E-state index contributed by atoms with van der Waals surface area (Å²) in [7, 11) is -2.75. The number of likely N-dealkylation sites (N-methyl/N-ethyl adjacent to an activating group) is 1. The van der Waals surface area contributed by atoms with Crippen molar-refractivity contribution < 1.29 is 22.4 Å². The first-order chi connectivity index (χ1) is 20.1. The third kappa shape index (κ3) is 7.63. The molecule has 0 saturated heterocycles. The molecule has 0 aliphatic rings. The number of benzene rings is 4. The monoisotopic (exact) mass is 651 g/mol. The molecule has 4 aromatic rings. The fourth-order valence-electron chi connectivity index (χ4n) is 4.53. The van der Waals surface area contributed by atoms with Gasteiger partial charge in [-0.2, -0.15) is 0 Å². The lowest BCUT2D eigenvalue weighted by Gasteiger charge is -2.33. The maximum absolute atomic E-state index is 14.2. The van der Waals surface area contributed by atoms with Gasteiger partial charge in [-0.1, -0.05) is 76.1 Å². The average Bonchev–Trinajstić information content (AvgIpc) is 2.98. The second kappa shape index (κ2) is 13.8. The van der Waals surface area contributed by atoms with Gasteiger partial charge in [-0.05, 0) is 66.6 Å². The summed E-state index contributed by atoms with van der Waals surface area (Å²) >= 11 is 3.46. The maximum atomic E-state index is 14.2. The number of carbonyl (C=O) groups is 2. The Bertz CT molecular complexity index is 1630. The van der Waals surface area contributed by atoms with E-state index in [1.54, 1.807) is 12.1 Å². The number of halogens is 2. The number of hydrogen-bond donors (Lipinski definition) is 1. The summed E-state index contributed by atoms with van der Waals surface area (Å²) in [5.41, 5.74) is 2.57. The Labute approximate surface area is 254 Å². The van der Waals surface area contributed by atoms with Crippen LogP contribution in [0.1, 0.15) is 16.7 Å². The highest BCUT2D eigenvalue weighted by atomic mass is 79.9. The van der Waals surface area contributed by atoms with Crippen molar-refractivity contribution in [2.45, 2.75) is 30.8 Å². The molecule has 0 aliphatic carbocycles. The molecule has 42 heavy (non-hydrogen) atoms. The zero-order valence-electron chi connectivity index (χ0n) is 23.2. The van der Waals surface area contributed by atoms with Gasteiger partial charge in [-0.25, -0.2) is 12.8 Å². The molecule has 7 nitrogen and oxygen atoms in total. The lowest BCUT2D eigenvalue weighted by atomic mass is 10.0. The summed E-state index contributed by atoms with van der Waals surface area (Å²) in [5, 5.41) is 2.65. The van der Waals surface area contributed by atoms with Crippen molar-refractivity contribution in [2.75, 3.05) is 17.9 Å². The lowest BCUT2D eigenvalue weighted by Crippen LogP contribution is -2.53. The minimum Gasteiger partial charge on any atom is -0.357 e. The van der Waals surface area contributed by atoms with Gasteiger partial charge in [0.2, 0.25) is 11.8 Å². The number of amides is 2. The predicted molar refractivity (Wildman–Crippen MR) is 165 cm³/mol. The molecule has 0 aliphatic heterocycles. The van der Waals surface area contributed by atoms with E-state index in [1.807, 2.05) is 61.5 Å². The molecule has 10 heteroatoms. The van der Waals surface area contributed by atoms with E-state index in [-0.39, 0.29) is 23.5 Å². The predicted octanol–water partition coefficient (Wildman–Crippen LogP) is 5.48. The number of carbonyl (C=O) groups excluding carboxylic acids is 2. The highest BCUT2D eigenvalue weighted by Crippen LogP contribution is 2.26. The van der Waals surface area contributed by atoms with Gasteiger partial charge in [0.25, 0.3) is 10.0 Å². The molecule has 1 N–H and O–H groups in total. The Hall–Kier alpha value is -4.02. The Balaban J connectivity index is 1.78. The van der Waals surface area contributed by atoms with Crippen LogP contribution in [0.3, 0.4) is 0 Å². The SMILES string of the molecule is CNC(=O)[C@H](Cc1ccccc1)N(Cc1cccc(Br)c1)C(=O)CN(c1ccc(F)cc1)S(=O)(=O)c1ccc(C)cc1. The molecule has 218 valence electrons. The average molecular weight is 653 g/mol. The molecule has 0 heterocycles. The molecule has 1 atom stereocenters. The number of rotatable bonds is 11. The first-order valence-corrected chi connectivity index (χ1v) is 15.5. The van der Waals surface area contributed by atoms with Crippen LogP contribution < -0.4 is 9.62 Å². The molecule has 0 unspecified atom stereocenters. The van der Waals surface area contributed by atoms with Crippen LogP contribution >= 0.6 is 15.9 Å². The van der Waals surface area contributed by atoms with E-state index < -0.39 is 40.2 Å². The molecule has 0 radical (unpaired) electrons. The first-order valence-electron chi connectivity index (χ1n) is 13.2. The van der Waals surface area contributed by atoms with Gasteiger partial charge in [0.1, 0.15) is 18.4 Å². The van der Waals surface area contributed by atoms with E-state index in [1.165, 1.54) is 36.2 Å². The highest BCUT2D eigenvalue weighted by molar-refractivity contribution is 9.10. The highest BCUT2D eigenvalue weighted by Gasteiger charge is 2.34. The van der Waals surface area contributed by atoms with E-state index >= 15 is 0 Å². The summed E-state index contributed by atoms with van der Waals surface area (Å²) < 4.78 is 43.4. The van der Waals surface area contributed by atoms with Crippen molar-refractivity contribution in [3.63, 3.8) is 0 Å². The van der Waals surface area contributed by atoms with E-state index in [9.17, 15) is 22.4 Å². The molecule has 0 saturated carbocycles. The largest absolute Gasteiger partial charge is 0.357 e. The molecule has 4 aromatic carbocycles. The second-order valence-electron chi connectivity index (χ2n) is 9.77. The van der Waals surface area contributed by atoms with Crippen LogP contribution in [0.2, 0.25) is 0 Å². The van der Waals surface area contributed by atoms with E-state index in [0.717, 1.165) is 37.6 Å². The summed E-state index contributed by atoms with van der Waals surface area (Å²) in [6, 6.07) is 26.8. The van der Waals surface area contributed by atoms with Gasteiger partial charge in [0, 0.05) is 24.5 Å². The summed E-state index contributed by atoms with van der Waals surface area (Å²) in [6.45, 7) is 1.27. The minimum atomic E-state index is -4.25. The van der Waals surface area contributed by atoms with Crippen LogP contribution in [-0.2, 0) is 32.6 Å². The van der Waals surface area contributed by atoms with E-state index in [2.05, 4.69) is 21.2 Å². The quantitative estimate of drug-likeness (QED) is 0.233. The first kappa shape index (κ1) is 30.9. The van der Waals surface area contributed by atoms with E-state index in [0.29, 0.717) is 0 Å². The number of nitrogens with one attached hydrogen (secondary N) is 1. The van der Waals surface area contributed by atoms with Crippen LogP contribution in [0, 0.1) is 12.7 Å². The summed E-state index contributed by atoms with van der Waals surface area (Å²) in [5.74, 6) is -1.53. The molecule has 4 rings (SSSR count). The van der Waals surface area contributed by atoms with Crippen LogP contribution in [-0.4, -0.2) is 44.8 Å². The number of aryl methyl sites for hydroxylation is 1. The molecule has 2 amide bonds. The normalized spacial score (nSPS) is 11.9. The number of anilines is 1. The molecule has 0 bridgehead atoms. The van der Waals surface area contributed by atoms with Gasteiger partial charge >= 0.3 is 0 Å². The molecule has 0 fully saturated rings. The molecular weight excluding hydrogens is 621 g/mol. The standard InChI is InChI=1S/C32H31BrFN3O4S/c1-23-11-17-29(18-12-23)42(40,41)37(28-15-13-27(34)14-16-28)22-31(38)36(21-25-9-6-10-26(33)19-25)30(32(39)35-2)20-24-7-4-3-5-8-24/h3-19,30H,20-22H2,1-2H3,(H,35,39)/t30-/m0/s1. The van der Waals surface area contributed by atoms with Crippen LogP contribution in [0.4, 0.5) is 10.1 Å². The van der Waals surface area contributed by atoms with Crippen LogP contribution in [0.5, 0.6) is 0 Å². The number of hydrogen-bond acceptors (Lipinski definition) is 4. The van der Waals surface area contributed by atoms with Gasteiger partial charge < -0.3 is 10.2 Å². The second-order valence-corrected chi connectivity index (χ2v) is 12.6. The van der Waals surface area contributed by atoms with Gasteiger partial charge in [-0.15, -0.1) is 0 Å². The fourth-order valence-corrected chi connectivity index (χ4v) is 6.39. The summed E-state index contributed by atoms with van der Waals surface area (Å²) in [4.78, 5) is 28.9. The van der Waals surface area contributed by atoms with Crippen molar-refractivity contribution in [1.82, 2.24) is 10.2 Å². The Morgan fingerprint density at radius 2 is 1.52 bits per heavy atom. The zero-order chi connectivity index (χ0) is 30.3. The number of nitrogens with zero attached hydrogens (tertiary/aromatic N) is 2. The zero-order valence-corrected chi connectivity index (χ0v) is 25.6. The van der Waals surface area contributed by atoms with Crippen molar-refractivity contribution >= 4 is 43.5 Å². The van der Waals surface area contributed by atoms with Crippen molar-refractivity contribution in [3.05, 3.63) is 130 Å². The molecule has 0 aromatic heterocycles. The van der Waals surface area contributed by atoms with Gasteiger partial charge in [0.05, 0.1) is 10.6 Å². The Morgan fingerprint density at radius 1 is 0.881 bits per heavy atom. The molecular formula is C32H31BrFN3O4S. The third-order valence-corrected chi connectivity index (χ3v) is 9.04. The topological polar surface area (TPSA) is 86.8 Å². The van der Waals surface area contributed by atoms with E-state index in [4.69, 9.17) is 0 Å². The van der Waals surface area contributed by atoms with Crippen LogP contribution in [0.25, 0.3) is 0 Å². The lowest BCUT2D eigenvalue weighted by molar-refractivity contribution is -0.139. The fraction of sp³-hybridized carbons (Fsp3) is 0.188. The van der Waals surface area contributed by atoms with Crippen molar-refractivity contribution in [1.29, 1.82) is 0 Å². The molecule has 0 spiro atoms. The van der Waals surface area contributed by atoms with Crippen LogP contribution in [0.15, 0.2) is 112 Å². The van der Waals surface area contributed by atoms with Gasteiger partial charge in [0.15, 0.2) is 0 Å². The van der Waals surface area contributed by atoms with Crippen molar-refractivity contribution in [2.24, 2.45) is 0 Å². The maximum Gasteiger partial charge on any atom is 0.264 e. The third-order valence-electron chi connectivity index (χ3n) is 6.76. The van der Waals surface area contributed by atoms with Crippen molar-refractivity contribution in [3.8, 4) is 0 Å². The smallest absolute Gasteiger partial charge is 0.264 e. The Morgan fingerprint density at radius 3 is 2.14 bits per heavy atom. The van der Waals surface area contributed by atoms with Gasteiger partial charge in [-0.3, -0.25) is 13.9 Å². The number of sulfonamides is 1. The Kier molecular flexibility index (Phi) is 10.1. The summed E-state index contributed by atoms with van der Waals surface area (Å²) in [6.07, 6.45) is 0.210. The minimum absolute atomic E-state index is 0.0177.